The molecule has 35 heavy (non-hydrogen) atoms. The Kier molecular flexibility index (Phi) is 8.07. The lowest BCUT2D eigenvalue weighted by Crippen LogP contribution is -2.56. The molecule has 2 aliphatic rings. The number of nitrogens with zero attached hydrogens (tertiary/aromatic N) is 2. The van der Waals surface area contributed by atoms with E-state index in [-0.39, 0.29) is 48.9 Å². The van der Waals surface area contributed by atoms with Crippen LogP contribution < -0.4 is 0 Å². The zero-order valence-corrected chi connectivity index (χ0v) is 20.7. The number of hydrogen-bond acceptors (Lipinski definition) is 6. The summed E-state index contributed by atoms with van der Waals surface area (Å²) in [6.45, 7) is 2.99. The number of hydrogen-bond donors (Lipinski definition) is 0. The van der Waals surface area contributed by atoms with Gasteiger partial charge in [0.25, 0.3) is 0 Å². The maximum Gasteiger partial charge on any atom is 0.410 e. The number of rotatable bonds is 9. The lowest BCUT2D eigenvalue weighted by Gasteiger charge is -2.40. The molecule has 1 saturated heterocycles. The number of carbonyl (C=O) groups excluding carboxylic acids is 2. The Morgan fingerprint density at radius 3 is 2.31 bits per heavy atom. The second kappa shape index (κ2) is 11.2. The average Bonchev–Trinajstić information content (AvgIpc) is 3.67. The van der Waals surface area contributed by atoms with Gasteiger partial charge in [-0.1, -0.05) is 48.5 Å². The van der Waals surface area contributed by atoms with Gasteiger partial charge in [-0.15, -0.1) is 0 Å². The van der Waals surface area contributed by atoms with Crippen LogP contribution >= 0.6 is 0 Å². The fourth-order valence-electron chi connectivity index (χ4n) is 4.61. The van der Waals surface area contributed by atoms with E-state index in [0.717, 1.165) is 12.0 Å². The molecular formula is C26H32N2O6S. The van der Waals surface area contributed by atoms with Crippen LogP contribution in [0.25, 0.3) is 0 Å². The molecule has 9 heteroatoms. The molecule has 0 radical (unpaired) electrons. The summed E-state index contributed by atoms with van der Waals surface area (Å²) in [6, 6.07) is 17.4. The van der Waals surface area contributed by atoms with Gasteiger partial charge >= 0.3 is 12.1 Å². The topological polar surface area (TPSA) is 93.2 Å². The van der Waals surface area contributed by atoms with E-state index < -0.39 is 22.2 Å². The predicted octanol–water partition coefficient (Wildman–Crippen LogP) is 3.68. The Bertz CT molecular complexity index is 1110. The molecule has 1 aliphatic carbocycles. The maximum absolute atomic E-state index is 13.4. The molecule has 188 valence electrons. The van der Waals surface area contributed by atoms with E-state index in [1.807, 2.05) is 30.3 Å². The summed E-state index contributed by atoms with van der Waals surface area (Å²) in [5.74, 6) is -0.0959. The summed E-state index contributed by atoms with van der Waals surface area (Å²) in [7, 11) is -3.72. The van der Waals surface area contributed by atoms with Crippen molar-refractivity contribution >= 4 is 22.1 Å². The quantitative estimate of drug-likeness (QED) is 0.488. The Hall–Kier alpha value is -2.91. The zero-order valence-electron chi connectivity index (χ0n) is 19.9. The lowest BCUT2D eigenvalue weighted by molar-refractivity contribution is -0.145. The van der Waals surface area contributed by atoms with E-state index in [2.05, 4.69) is 0 Å². The fourth-order valence-corrected chi connectivity index (χ4v) is 6.26. The average molecular weight is 501 g/mol. The van der Waals surface area contributed by atoms with E-state index >= 15 is 0 Å². The third-order valence-electron chi connectivity index (χ3n) is 6.62. The zero-order chi connectivity index (χ0) is 24.8. The van der Waals surface area contributed by atoms with Crippen molar-refractivity contribution in [2.24, 2.45) is 11.8 Å². The van der Waals surface area contributed by atoms with Gasteiger partial charge in [-0.2, -0.15) is 4.31 Å². The van der Waals surface area contributed by atoms with Crippen LogP contribution in [-0.2, 0) is 30.9 Å². The van der Waals surface area contributed by atoms with Crippen LogP contribution in [0.5, 0.6) is 0 Å². The summed E-state index contributed by atoms with van der Waals surface area (Å²) in [4.78, 5) is 26.6. The van der Waals surface area contributed by atoms with Gasteiger partial charge < -0.3 is 14.4 Å². The van der Waals surface area contributed by atoms with E-state index in [1.165, 1.54) is 4.31 Å². The first-order valence-corrected chi connectivity index (χ1v) is 13.5. The van der Waals surface area contributed by atoms with Crippen molar-refractivity contribution in [3.8, 4) is 0 Å². The fraction of sp³-hybridized carbons (Fsp3) is 0.462. The third kappa shape index (κ3) is 6.21. The SMILES string of the molecule is CCOC(=O)C1CC1CCC1CN(C(=O)OCc2ccccc2)CCN1S(=O)(=O)c1ccccc1. The van der Waals surface area contributed by atoms with Crippen molar-refractivity contribution in [1.29, 1.82) is 0 Å². The van der Waals surface area contributed by atoms with Crippen molar-refractivity contribution in [3.05, 3.63) is 66.2 Å². The van der Waals surface area contributed by atoms with Gasteiger partial charge in [0, 0.05) is 25.7 Å². The number of amides is 1. The van der Waals surface area contributed by atoms with Crippen molar-refractivity contribution < 1.29 is 27.5 Å². The normalized spacial score (nSPS) is 22.4. The molecule has 1 aliphatic heterocycles. The van der Waals surface area contributed by atoms with Gasteiger partial charge in [-0.25, -0.2) is 13.2 Å². The minimum absolute atomic E-state index is 0.107. The lowest BCUT2D eigenvalue weighted by atomic mass is 10.1. The summed E-state index contributed by atoms with van der Waals surface area (Å²) < 4.78 is 39.0. The van der Waals surface area contributed by atoms with Gasteiger partial charge in [0.2, 0.25) is 10.0 Å². The van der Waals surface area contributed by atoms with Gasteiger partial charge in [0.05, 0.1) is 17.4 Å². The van der Waals surface area contributed by atoms with Gasteiger partial charge in [-0.3, -0.25) is 4.79 Å². The minimum atomic E-state index is -3.72. The Balaban J connectivity index is 1.43. The number of benzene rings is 2. The van der Waals surface area contributed by atoms with Crippen LogP contribution in [0.2, 0.25) is 0 Å². The predicted molar refractivity (Wildman–Crippen MR) is 130 cm³/mol. The van der Waals surface area contributed by atoms with Crippen molar-refractivity contribution in [2.45, 2.75) is 43.7 Å². The van der Waals surface area contributed by atoms with Crippen LogP contribution in [0.1, 0.15) is 31.7 Å². The van der Waals surface area contributed by atoms with Crippen molar-refractivity contribution in [2.75, 3.05) is 26.2 Å². The van der Waals surface area contributed by atoms with Crippen LogP contribution in [0, 0.1) is 11.8 Å². The molecule has 0 aromatic heterocycles. The van der Waals surface area contributed by atoms with Gasteiger partial charge in [0.1, 0.15) is 6.61 Å². The molecule has 3 unspecified atom stereocenters. The van der Waals surface area contributed by atoms with E-state index in [9.17, 15) is 18.0 Å². The maximum atomic E-state index is 13.4. The van der Waals surface area contributed by atoms with Gasteiger partial charge in [-0.05, 0) is 49.8 Å². The molecule has 0 spiro atoms. The first kappa shape index (κ1) is 25.2. The van der Waals surface area contributed by atoms with Crippen LogP contribution in [0.3, 0.4) is 0 Å². The van der Waals surface area contributed by atoms with Crippen LogP contribution in [-0.4, -0.2) is 62.0 Å². The first-order chi connectivity index (χ1) is 16.9. The number of carbonyl (C=O) groups is 2. The first-order valence-electron chi connectivity index (χ1n) is 12.1. The Morgan fingerprint density at radius 1 is 0.943 bits per heavy atom. The van der Waals surface area contributed by atoms with E-state index in [0.29, 0.717) is 19.4 Å². The Labute approximate surface area is 206 Å². The third-order valence-corrected chi connectivity index (χ3v) is 8.59. The molecule has 1 heterocycles. The highest BCUT2D eigenvalue weighted by molar-refractivity contribution is 7.89. The number of ether oxygens (including phenoxy) is 2. The summed E-state index contributed by atoms with van der Waals surface area (Å²) >= 11 is 0. The molecule has 8 nitrogen and oxygen atoms in total. The molecule has 2 aromatic rings. The number of sulfonamides is 1. The monoisotopic (exact) mass is 500 g/mol. The van der Waals surface area contributed by atoms with Crippen molar-refractivity contribution in [3.63, 3.8) is 0 Å². The second-order valence-corrected chi connectivity index (χ2v) is 10.9. The molecular weight excluding hydrogens is 468 g/mol. The molecule has 2 aromatic carbocycles. The van der Waals surface area contributed by atoms with Crippen molar-refractivity contribution in [1.82, 2.24) is 9.21 Å². The highest BCUT2D eigenvalue weighted by Gasteiger charge is 2.45. The molecule has 2 fully saturated rings. The molecule has 1 amide bonds. The molecule has 3 atom stereocenters. The summed E-state index contributed by atoms with van der Waals surface area (Å²) in [5, 5.41) is 0. The highest BCUT2D eigenvalue weighted by Crippen LogP contribution is 2.43. The molecule has 0 N–H and O–H groups in total. The molecule has 0 bridgehead atoms. The number of piperazine rings is 1. The summed E-state index contributed by atoms with van der Waals surface area (Å²) in [6.07, 6.45) is 1.56. The number of esters is 1. The van der Waals surface area contributed by atoms with Crippen LogP contribution in [0.15, 0.2) is 65.6 Å². The molecule has 4 rings (SSSR count). The standard InChI is InChI=1S/C26H32N2O6S/c1-2-33-25(29)24-17-21(24)13-14-22-18-27(26(30)34-19-20-9-5-3-6-10-20)15-16-28(22)35(31,32)23-11-7-4-8-12-23/h3-12,21-22,24H,2,13-19H2,1H3. The van der Waals surface area contributed by atoms with E-state index in [4.69, 9.17) is 9.47 Å². The minimum Gasteiger partial charge on any atom is -0.466 e. The van der Waals surface area contributed by atoms with E-state index in [1.54, 1.807) is 42.2 Å². The summed E-state index contributed by atoms with van der Waals surface area (Å²) in [5.41, 5.74) is 0.890. The highest BCUT2D eigenvalue weighted by atomic mass is 32.2. The second-order valence-electron chi connectivity index (χ2n) is 9.00. The smallest absolute Gasteiger partial charge is 0.410 e. The van der Waals surface area contributed by atoms with Crippen LogP contribution in [0.4, 0.5) is 4.79 Å². The van der Waals surface area contributed by atoms with Gasteiger partial charge in [0.15, 0.2) is 0 Å². The molecule has 1 saturated carbocycles. The largest absolute Gasteiger partial charge is 0.466 e. The Morgan fingerprint density at radius 2 is 1.63 bits per heavy atom.